The Balaban J connectivity index is 1.05. The summed E-state index contributed by atoms with van der Waals surface area (Å²) in [6.45, 7) is 1.90. The van der Waals surface area contributed by atoms with Gasteiger partial charge in [-0.3, -0.25) is 4.68 Å². The molecule has 0 aromatic carbocycles. The Kier molecular flexibility index (Phi) is 6.11. The first kappa shape index (κ1) is 21.8. The van der Waals surface area contributed by atoms with Crippen LogP contribution in [0.15, 0.2) is 6.20 Å². The molecule has 0 spiro atoms. The molecule has 5 aliphatic carbocycles. The molecule has 5 atom stereocenters. The molecule has 5 aliphatic rings. The average Bonchev–Trinajstić information content (AvgIpc) is 3.16. The monoisotopic (exact) mass is 435 g/mol. The van der Waals surface area contributed by atoms with Crippen LogP contribution in [0.1, 0.15) is 57.1 Å². The van der Waals surface area contributed by atoms with Crippen molar-refractivity contribution in [3.8, 4) is 0 Å². The Bertz CT molecular complexity index is 720. The summed E-state index contributed by atoms with van der Waals surface area (Å²) in [6, 6.07) is 0. The maximum absolute atomic E-state index is 10.2. The van der Waals surface area contributed by atoms with E-state index in [9.17, 15) is 20.4 Å². The van der Waals surface area contributed by atoms with Crippen molar-refractivity contribution in [3.63, 3.8) is 0 Å². The van der Waals surface area contributed by atoms with E-state index >= 15 is 0 Å². The Labute approximate surface area is 183 Å². The summed E-state index contributed by atoms with van der Waals surface area (Å²) < 4.78 is 7.75. The molecule has 8 nitrogen and oxygen atoms in total. The topological polar surface area (TPSA) is 121 Å². The molecule has 5 saturated carbocycles. The molecular formula is C23H37N3O5. The van der Waals surface area contributed by atoms with E-state index in [4.69, 9.17) is 4.74 Å². The first-order valence-corrected chi connectivity index (χ1v) is 12.1. The van der Waals surface area contributed by atoms with Crippen molar-refractivity contribution in [1.29, 1.82) is 0 Å². The lowest BCUT2D eigenvalue weighted by molar-refractivity contribution is -0.153. The molecule has 1 heterocycles. The van der Waals surface area contributed by atoms with E-state index in [-0.39, 0.29) is 13.0 Å². The van der Waals surface area contributed by atoms with Crippen LogP contribution < -0.4 is 0 Å². The lowest BCUT2D eigenvalue weighted by Crippen LogP contribution is -2.53. The van der Waals surface area contributed by atoms with Gasteiger partial charge in [-0.2, -0.15) is 0 Å². The summed E-state index contributed by atoms with van der Waals surface area (Å²) in [7, 11) is 0. The molecule has 6 rings (SSSR count). The van der Waals surface area contributed by atoms with Gasteiger partial charge in [0.1, 0.15) is 6.10 Å². The molecule has 0 amide bonds. The minimum atomic E-state index is -1.25. The second kappa shape index (κ2) is 8.71. The Morgan fingerprint density at radius 1 is 0.935 bits per heavy atom. The van der Waals surface area contributed by atoms with Gasteiger partial charge in [-0.05, 0) is 74.5 Å². The Morgan fingerprint density at radius 3 is 2.29 bits per heavy atom. The highest BCUT2D eigenvalue weighted by molar-refractivity contribution is 5.01. The predicted octanol–water partition coefficient (Wildman–Crippen LogP) is 0.907. The molecule has 8 heteroatoms. The highest BCUT2D eigenvalue weighted by Crippen LogP contribution is 2.60. The molecule has 0 saturated heterocycles. The van der Waals surface area contributed by atoms with Gasteiger partial charge in [0, 0.05) is 25.1 Å². The maximum Gasteiger partial charge on any atom is 0.106 e. The van der Waals surface area contributed by atoms with Crippen molar-refractivity contribution in [2.45, 2.75) is 88.7 Å². The van der Waals surface area contributed by atoms with Crippen LogP contribution in [0, 0.1) is 29.1 Å². The zero-order chi connectivity index (χ0) is 21.6. The molecular weight excluding hydrogens is 398 g/mol. The number of nitrogens with zero attached hydrogens (tertiary/aromatic N) is 3. The zero-order valence-corrected chi connectivity index (χ0v) is 18.2. The summed E-state index contributed by atoms with van der Waals surface area (Å²) in [5, 5.41) is 48.2. The van der Waals surface area contributed by atoms with Crippen molar-refractivity contribution in [1.82, 2.24) is 15.0 Å². The summed E-state index contributed by atoms with van der Waals surface area (Å²) in [6.07, 6.45) is 7.62. The van der Waals surface area contributed by atoms with E-state index in [1.54, 1.807) is 4.68 Å². The van der Waals surface area contributed by atoms with Crippen molar-refractivity contribution in [2.24, 2.45) is 29.1 Å². The zero-order valence-electron chi connectivity index (χ0n) is 18.2. The van der Waals surface area contributed by atoms with Crippen LogP contribution in [0.4, 0.5) is 0 Å². The highest BCUT2D eigenvalue weighted by atomic mass is 16.5. The fourth-order valence-corrected chi connectivity index (χ4v) is 7.37. The van der Waals surface area contributed by atoms with Crippen LogP contribution in [0.2, 0.25) is 0 Å². The second-order valence-corrected chi connectivity index (χ2v) is 11.0. The smallest absolute Gasteiger partial charge is 0.106 e. The third-order valence-electron chi connectivity index (χ3n) is 8.44. The standard InChI is InChI=1S/C23H37N3O5/c27-19-7-20(28)22(30)21(29)18(19)12-26-11-17(24-25-26)2-1-3-31-13-23-8-14-4-15(9-23)6-16(5-14)10-23/h11,14-16,18-22,27-30H,1-10,12-13H2/t14?,15?,16?,18-,19-,20-,21+,22+,23?/m0/s1. The molecule has 174 valence electrons. The third kappa shape index (κ3) is 4.55. The minimum Gasteiger partial charge on any atom is -0.393 e. The summed E-state index contributed by atoms with van der Waals surface area (Å²) >= 11 is 0. The van der Waals surface area contributed by atoms with Crippen LogP contribution in [0.3, 0.4) is 0 Å². The van der Waals surface area contributed by atoms with Gasteiger partial charge in [-0.15, -0.1) is 5.10 Å². The Hall–Kier alpha value is -1.06. The van der Waals surface area contributed by atoms with E-state index in [1.165, 1.54) is 38.5 Å². The third-order valence-corrected chi connectivity index (χ3v) is 8.44. The van der Waals surface area contributed by atoms with Crippen LogP contribution in [0.25, 0.3) is 0 Å². The molecule has 0 unspecified atom stereocenters. The van der Waals surface area contributed by atoms with Crippen molar-refractivity contribution in [2.75, 3.05) is 13.2 Å². The van der Waals surface area contributed by atoms with Gasteiger partial charge in [0.15, 0.2) is 0 Å². The van der Waals surface area contributed by atoms with Gasteiger partial charge in [-0.1, -0.05) is 5.21 Å². The fraction of sp³-hybridized carbons (Fsp3) is 0.913. The van der Waals surface area contributed by atoms with Crippen molar-refractivity contribution < 1.29 is 25.2 Å². The SMILES string of the molecule is O[C@H]1[C@H](O)[C@@H](O)C[C@H](O)[C@@H]1Cn1cc(CCCOCC23CC4CC(CC(C4)C2)C3)nn1. The van der Waals surface area contributed by atoms with Gasteiger partial charge in [0.05, 0.1) is 37.2 Å². The second-order valence-electron chi connectivity index (χ2n) is 11.0. The highest BCUT2D eigenvalue weighted by Gasteiger charge is 2.50. The number of aliphatic hydroxyl groups is 4. The van der Waals surface area contributed by atoms with Gasteiger partial charge in [0.25, 0.3) is 0 Å². The van der Waals surface area contributed by atoms with E-state index in [0.717, 1.165) is 49.5 Å². The van der Waals surface area contributed by atoms with E-state index in [1.807, 2.05) is 6.20 Å². The normalized spacial score (nSPS) is 44.1. The largest absolute Gasteiger partial charge is 0.393 e. The summed E-state index contributed by atoms with van der Waals surface area (Å²) in [5.41, 5.74) is 1.32. The van der Waals surface area contributed by atoms with Crippen LogP contribution in [-0.2, 0) is 17.7 Å². The number of aryl methyl sites for hydroxylation is 1. The molecule has 1 aromatic rings. The van der Waals surface area contributed by atoms with E-state index in [2.05, 4.69) is 10.3 Å². The molecule has 4 bridgehead atoms. The lowest BCUT2D eigenvalue weighted by atomic mass is 9.50. The van der Waals surface area contributed by atoms with Gasteiger partial charge in [0.2, 0.25) is 0 Å². The molecule has 5 fully saturated rings. The quantitative estimate of drug-likeness (QED) is 0.448. The first-order valence-electron chi connectivity index (χ1n) is 12.1. The van der Waals surface area contributed by atoms with Gasteiger partial charge >= 0.3 is 0 Å². The Morgan fingerprint density at radius 2 is 1.61 bits per heavy atom. The predicted molar refractivity (Wildman–Crippen MR) is 112 cm³/mol. The number of aromatic nitrogens is 3. The number of aliphatic hydroxyl groups excluding tert-OH is 4. The molecule has 0 aliphatic heterocycles. The van der Waals surface area contributed by atoms with Crippen LogP contribution in [0.5, 0.6) is 0 Å². The number of hydrogen-bond donors (Lipinski definition) is 4. The summed E-state index contributed by atoms with van der Waals surface area (Å²) in [4.78, 5) is 0. The van der Waals surface area contributed by atoms with Crippen molar-refractivity contribution in [3.05, 3.63) is 11.9 Å². The fourth-order valence-electron chi connectivity index (χ4n) is 7.37. The number of rotatable bonds is 8. The molecule has 31 heavy (non-hydrogen) atoms. The van der Waals surface area contributed by atoms with Crippen LogP contribution in [-0.4, -0.2) is 73.0 Å². The maximum atomic E-state index is 10.2. The van der Waals surface area contributed by atoms with E-state index < -0.39 is 30.3 Å². The van der Waals surface area contributed by atoms with Gasteiger partial charge in [-0.25, -0.2) is 0 Å². The van der Waals surface area contributed by atoms with Crippen LogP contribution >= 0.6 is 0 Å². The van der Waals surface area contributed by atoms with Gasteiger partial charge < -0.3 is 25.2 Å². The minimum absolute atomic E-state index is 0.0471. The molecule has 4 N–H and O–H groups in total. The first-order chi connectivity index (χ1) is 14.9. The molecule has 0 radical (unpaired) electrons. The van der Waals surface area contributed by atoms with E-state index in [0.29, 0.717) is 5.41 Å². The average molecular weight is 436 g/mol. The van der Waals surface area contributed by atoms with Crippen molar-refractivity contribution >= 4 is 0 Å². The lowest BCUT2D eigenvalue weighted by Gasteiger charge is -2.56. The number of hydrogen-bond acceptors (Lipinski definition) is 7. The summed E-state index contributed by atoms with van der Waals surface area (Å²) in [5.74, 6) is 2.28. The number of ether oxygens (including phenoxy) is 1. The molecule has 1 aromatic heterocycles.